The number of nitrogens with zero attached hydrogens (tertiary/aromatic N) is 1. The summed E-state index contributed by atoms with van der Waals surface area (Å²) in [5.41, 5.74) is 0. The molecule has 0 spiro atoms. The lowest BCUT2D eigenvalue weighted by atomic mass is 10.2. The molecule has 0 rings (SSSR count). The molecule has 9 heavy (non-hydrogen) atoms. The summed E-state index contributed by atoms with van der Waals surface area (Å²) in [5, 5.41) is 3.18. The van der Waals surface area contributed by atoms with Crippen LogP contribution in [0.15, 0.2) is 4.99 Å². The van der Waals surface area contributed by atoms with Crippen molar-refractivity contribution in [1.82, 2.24) is 5.32 Å². The lowest BCUT2D eigenvalue weighted by Crippen LogP contribution is -2.27. The second-order valence-electron chi connectivity index (χ2n) is 2.29. The smallest absolute Gasteiger partial charge is 0.0985 e. The molecule has 0 aliphatic rings. The highest BCUT2D eigenvalue weighted by atomic mass is 15.0. The van der Waals surface area contributed by atoms with E-state index < -0.39 is 0 Å². The van der Waals surface area contributed by atoms with Crippen molar-refractivity contribution in [1.29, 1.82) is 0 Å². The van der Waals surface area contributed by atoms with Crippen LogP contribution in [0.1, 0.15) is 22.2 Å². The summed E-state index contributed by atoms with van der Waals surface area (Å²) in [6.45, 7) is 7.30. The Labute approximate surface area is 58.9 Å². The fourth-order valence-corrected chi connectivity index (χ4v) is 0.722. The maximum atomic E-state index is 4.08. The minimum absolute atomic E-state index is 0. The highest BCUT2D eigenvalue weighted by Gasteiger charge is 1.99. The lowest BCUT2D eigenvalue weighted by molar-refractivity contribution is 0.802. The van der Waals surface area contributed by atoms with E-state index in [4.69, 9.17) is 0 Å². The molecule has 0 radical (unpaired) electrons. The van der Waals surface area contributed by atoms with E-state index in [1.54, 1.807) is 0 Å². The Hall–Kier alpha value is -0.530. The van der Waals surface area contributed by atoms with Gasteiger partial charge < -0.3 is 5.32 Å². The van der Waals surface area contributed by atoms with Crippen molar-refractivity contribution in [2.75, 3.05) is 13.6 Å². The number of nitrogens with one attached hydrogen (secondary N) is 1. The molecular formula is C7H18N2. The van der Waals surface area contributed by atoms with Crippen LogP contribution < -0.4 is 5.32 Å². The predicted octanol–water partition coefficient (Wildman–Crippen LogP) is 1.53. The molecule has 0 aromatic heterocycles. The summed E-state index contributed by atoms with van der Waals surface area (Å²) in [5.74, 6) is 1.62. The third kappa shape index (κ3) is 3.12. The van der Waals surface area contributed by atoms with Gasteiger partial charge in [-0.2, -0.15) is 0 Å². The van der Waals surface area contributed by atoms with Gasteiger partial charge in [0, 0.05) is 20.9 Å². The zero-order chi connectivity index (χ0) is 7.28. The Morgan fingerprint density at radius 3 is 2.33 bits per heavy atom. The second-order valence-corrected chi connectivity index (χ2v) is 2.29. The van der Waals surface area contributed by atoms with E-state index in [1.807, 2.05) is 7.05 Å². The van der Waals surface area contributed by atoms with E-state index in [2.05, 4.69) is 31.1 Å². The average molecular weight is 130 g/mol. The van der Waals surface area contributed by atoms with Crippen LogP contribution in [0.5, 0.6) is 0 Å². The number of hydrogen-bond acceptors (Lipinski definition) is 1. The van der Waals surface area contributed by atoms with Crippen LogP contribution in [-0.2, 0) is 0 Å². The molecule has 2 nitrogen and oxygen atoms in total. The van der Waals surface area contributed by atoms with Gasteiger partial charge in [0.05, 0.1) is 5.84 Å². The molecule has 0 aromatic rings. The first kappa shape index (κ1) is 8.47. The van der Waals surface area contributed by atoms with Crippen LogP contribution >= 0.6 is 0 Å². The van der Waals surface area contributed by atoms with E-state index in [0.717, 1.165) is 12.4 Å². The molecule has 0 saturated carbocycles. The Kier molecular flexibility index (Phi) is 4.10. The maximum Gasteiger partial charge on any atom is 0.0985 e. The summed E-state index contributed by atoms with van der Waals surface area (Å²) in [6, 6.07) is 0. The van der Waals surface area contributed by atoms with Crippen molar-refractivity contribution in [2.45, 2.75) is 20.8 Å². The zero-order valence-electron chi connectivity index (χ0n) is 6.73. The van der Waals surface area contributed by atoms with Crippen LogP contribution in [0, 0.1) is 5.92 Å². The van der Waals surface area contributed by atoms with Crippen molar-refractivity contribution in [3.8, 4) is 0 Å². The SMILES string of the molecule is CCNC(=NC)C(C)C.[HH]. The zero-order valence-corrected chi connectivity index (χ0v) is 6.73. The van der Waals surface area contributed by atoms with E-state index in [1.165, 1.54) is 0 Å². The quantitative estimate of drug-likeness (QED) is 0.445. The van der Waals surface area contributed by atoms with E-state index in [-0.39, 0.29) is 1.43 Å². The second kappa shape index (κ2) is 4.36. The molecule has 2 heteroatoms. The number of rotatable bonds is 2. The van der Waals surface area contributed by atoms with Gasteiger partial charge in [-0.3, -0.25) is 4.99 Å². The first-order chi connectivity index (χ1) is 4.22. The Balaban J connectivity index is 0. The highest BCUT2D eigenvalue weighted by molar-refractivity contribution is 5.83. The van der Waals surface area contributed by atoms with Gasteiger partial charge in [0.25, 0.3) is 0 Å². The van der Waals surface area contributed by atoms with Crippen LogP contribution in [0.2, 0.25) is 0 Å². The molecule has 1 N–H and O–H groups in total. The van der Waals surface area contributed by atoms with Gasteiger partial charge in [0.2, 0.25) is 0 Å². The summed E-state index contributed by atoms with van der Waals surface area (Å²) >= 11 is 0. The van der Waals surface area contributed by atoms with Crippen molar-refractivity contribution >= 4 is 5.84 Å². The number of amidine groups is 1. The van der Waals surface area contributed by atoms with Crippen LogP contribution in [-0.4, -0.2) is 19.4 Å². The van der Waals surface area contributed by atoms with Gasteiger partial charge in [-0.25, -0.2) is 0 Å². The van der Waals surface area contributed by atoms with Crippen LogP contribution in [0.3, 0.4) is 0 Å². The Bertz CT molecular complexity index is 99.8. The standard InChI is InChI=1S/C7H16N2.H2/c1-5-9-7(8-4)6(2)3;/h6H,5H2,1-4H3,(H,8,9);1H. The summed E-state index contributed by atoms with van der Waals surface area (Å²) in [4.78, 5) is 4.08. The molecule has 0 aliphatic carbocycles. The molecule has 0 heterocycles. The van der Waals surface area contributed by atoms with E-state index in [9.17, 15) is 0 Å². The Morgan fingerprint density at radius 2 is 2.22 bits per heavy atom. The topological polar surface area (TPSA) is 24.4 Å². The minimum Gasteiger partial charge on any atom is -0.374 e. The molecule has 0 saturated heterocycles. The van der Waals surface area contributed by atoms with Crippen LogP contribution in [0.25, 0.3) is 0 Å². The number of hydrogen-bond donors (Lipinski definition) is 1. The Morgan fingerprint density at radius 1 is 1.67 bits per heavy atom. The summed E-state index contributed by atoms with van der Waals surface area (Å²) in [7, 11) is 1.82. The normalized spacial score (nSPS) is 12.3. The third-order valence-corrected chi connectivity index (χ3v) is 1.15. The molecule has 0 amide bonds. The third-order valence-electron chi connectivity index (χ3n) is 1.15. The first-order valence-corrected chi connectivity index (χ1v) is 3.42. The predicted molar refractivity (Wildman–Crippen MR) is 44.0 cm³/mol. The maximum absolute atomic E-state index is 4.08. The monoisotopic (exact) mass is 130 g/mol. The molecule has 0 atom stereocenters. The largest absolute Gasteiger partial charge is 0.374 e. The van der Waals surface area contributed by atoms with E-state index >= 15 is 0 Å². The number of aliphatic imine (C=N–C) groups is 1. The summed E-state index contributed by atoms with van der Waals surface area (Å²) in [6.07, 6.45) is 0. The minimum atomic E-state index is 0. The molecule has 0 bridgehead atoms. The fourth-order valence-electron chi connectivity index (χ4n) is 0.722. The first-order valence-electron chi connectivity index (χ1n) is 3.42. The lowest BCUT2D eigenvalue weighted by Gasteiger charge is -2.09. The van der Waals surface area contributed by atoms with Crippen molar-refractivity contribution < 1.29 is 1.43 Å². The van der Waals surface area contributed by atoms with Gasteiger partial charge in [0.1, 0.15) is 0 Å². The summed E-state index contributed by atoms with van der Waals surface area (Å²) < 4.78 is 0. The van der Waals surface area contributed by atoms with Gasteiger partial charge >= 0.3 is 0 Å². The van der Waals surface area contributed by atoms with Gasteiger partial charge in [0.15, 0.2) is 0 Å². The van der Waals surface area contributed by atoms with Crippen LogP contribution in [0.4, 0.5) is 0 Å². The highest BCUT2D eigenvalue weighted by Crippen LogP contribution is 1.91. The molecule has 0 aromatic carbocycles. The molecule has 56 valence electrons. The fraction of sp³-hybridized carbons (Fsp3) is 0.857. The van der Waals surface area contributed by atoms with Crippen molar-refractivity contribution in [2.24, 2.45) is 10.9 Å². The van der Waals surface area contributed by atoms with Gasteiger partial charge in [-0.05, 0) is 6.92 Å². The van der Waals surface area contributed by atoms with Gasteiger partial charge in [-0.15, -0.1) is 0 Å². The molecular weight excluding hydrogens is 112 g/mol. The van der Waals surface area contributed by atoms with E-state index in [0.29, 0.717) is 5.92 Å². The van der Waals surface area contributed by atoms with Crippen molar-refractivity contribution in [3.63, 3.8) is 0 Å². The van der Waals surface area contributed by atoms with Crippen molar-refractivity contribution in [3.05, 3.63) is 0 Å². The van der Waals surface area contributed by atoms with Gasteiger partial charge in [-0.1, -0.05) is 13.8 Å². The molecule has 0 unspecified atom stereocenters. The molecule has 0 aliphatic heterocycles. The molecule has 0 fully saturated rings. The average Bonchev–Trinajstić information content (AvgIpc) is 1.82.